The third-order valence-corrected chi connectivity index (χ3v) is 4.11. The maximum absolute atomic E-state index is 13.4. The van der Waals surface area contributed by atoms with E-state index in [0.29, 0.717) is 12.8 Å². The Morgan fingerprint density at radius 3 is 1.76 bits per heavy atom. The number of hydrogen-bond donors (Lipinski definition) is 0. The molecule has 0 fully saturated rings. The molecule has 0 aliphatic carbocycles. The van der Waals surface area contributed by atoms with Crippen LogP contribution in [0, 0.1) is 0 Å². The summed E-state index contributed by atoms with van der Waals surface area (Å²) in [4.78, 5) is 0. The van der Waals surface area contributed by atoms with Crippen molar-refractivity contribution in [1.82, 2.24) is 0 Å². The van der Waals surface area contributed by atoms with E-state index in [1.165, 1.54) is 22.6 Å². The summed E-state index contributed by atoms with van der Waals surface area (Å²) in [5.41, 5.74) is 0. The van der Waals surface area contributed by atoms with Crippen LogP contribution in [0.4, 0.5) is 35.1 Å². The number of hydrogen-bond acceptors (Lipinski definition) is 0. The molecule has 0 aromatic heterocycles. The maximum Gasteiger partial charge on any atom is 0.392 e. The van der Waals surface area contributed by atoms with Crippen LogP contribution in [0.1, 0.15) is 39.0 Å². The molecule has 0 aliphatic heterocycles. The van der Waals surface area contributed by atoms with Gasteiger partial charge < -0.3 is 0 Å². The van der Waals surface area contributed by atoms with Crippen molar-refractivity contribution in [2.75, 3.05) is 0 Å². The Bertz CT molecular complexity index is 329. The molecular weight excluding hydrogens is 446 g/mol. The molecule has 0 saturated heterocycles. The van der Waals surface area contributed by atoms with E-state index in [4.69, 9.17) is 0 Å². The molecule has 0 rings (SSSR count). The Morgan fingerprint density at radius 2 is 1.38 bits per heavy atom. The summed E-state index contributed by atoms with van der Waals surface area (Å²) in [6, 6.07) is 0. The van der Waals surface area contributed by atoms with Crippen LogP contribution in [-0.4, -0.2) is 27.1 Å². The molecule has 0 spiro atoms. The van der Waals surface area contributed by atoms with Crippen molar-refractivity contribution in [3.8, 4) is 0 Å². The molecule has 21 heavy (non-hydrogen) atoms. The molecule has 0 bridgehead atoms. The quantitative estimate of drug-likeness (QED) is 0.160. The number of rotatable bonds is 9. The minimum atomic E-state index is -6.36. The van der Waals surface area contributed by atoms with Crippen LogP contribution in [0.15, 0.2) is 0 Å². The molecule has 0 aliphatic rings. The van der Waals surface area contributed by atoms with E-state index in [2.05, 4.69) is 11.6 Å². The second-order valence-electron chi connectivity index (χ2n) is 4.65. The number of halogens is 10. The fourth-order valence-electron chi connectivity index (χ4n) is 1.53. The van der Waals surface area contributed by atoms with Gasteiger partial charge in [0.05, 0.1) is 0 Å². The van der Waals surface area contributed by atoms with Crippen molar-refractivity contribution < 1.29 is 35.1 Å². The molecule has 0 heterocycles. The van der Waals surface area contributed by atoms with Crippen molar-refractivity contribution in [3.05, 3.63) is 0 Å². The number of unbranched alkanes of at least 4 members (excludes halogenated alkanes) is 2. The van der Waals surface area contributed by atoms with Crippen LogP contribution in [-0.2, 0) is 0 Å². The summed E-state index contributed by atoms with van der Waals surface area (Å²) >= 11 is 5.27. The molecule has 10 heteroatoms. The molecular formula is C11H14ClF8I. The zero-order valence-corrected chi connectivity index (χ0v) is 13.8. The van der Waals surface area contributed by atoms with Gasteiger partial charge in [0, 0.05) is 10.3 Å². The fraction of sp³-hybridized carbons (Fsp3) is 1.00. The second kappa shape index (κ2) is 7.35. The molecule has 1 unspecified atom stereocenters. The van der Waals surface area contributed by atoms with Crippen molar-refractivity contribution in [1.29, 1.82) is 0 Å². The average Bonchev–Trinajstić information content (AvgIpc) is 2.26. The third-order valence-electron chi connectivity index (χ3n) is 2.81. The van der Waals surface area contributed by atoms with Crippen LogP contribution < -0.4 is 0 Å². The zero-order valence-electron chi connectivity index (χ0n) is 10.9. The van der Waals surface area contributed by atoms with E-state index < -0.39 is 33.5 Å². The van der Waals surface area contributed by atoms with Crippen molar-refractivity contribution >= 4 is 34.2 Å². The standard InChI is InChI=1S/C11H14ClF8I/c1-2-3-4-5-7(21)6-8(13,14)9(15,16)10(17,18)11(12,19)20/h7H,2-6H2,1H3. The lowest BCUT2D eigenvalue weighted by molar-refractivity contribution is -0.348. The minimum Gasteiger partial charge on any atom is -0.200 e. The molecule has 0 aromatic carbocycles. The first kappa shape index (κ1) is 21.5. The summed E-state index contributed by atoms with van der Waals surface area (Å²) < 4.78 is 102. The van der Waals surface area contributed by atoms with Crippen LogP contribution in [0.25, 0.3) is 0 Å². The predicted molar refractivity (Wildman–Crippen MR) is 72.2 cm³/mol. The van der Waals surface area contributed by atoms with Gasteiger partial charge in [-0.15, -0.1) is 0 Å². The average molecular weight is 461 g/mol. The molecule has 0 N–H and O–H groups in total. The van der Waals surface area contributed by atoms with Crippen LogP contribution in [0.3, 0.4) is 0 Å². The predicted octanol–water partition coefficient (Wildman–Crippen LogP) is 6.50. The highest BCUT2D eigenvalue weighted by Crippen LogP contribution is 2.55. The first-order valence-electron chi connectivity index (χ1n) is 6.05. The fourth-order valence-corrected chi connectivity index (χ4v) is 2.64. The van der Waals surface area contributed by atoms with Crippen molar-refractivity contribution in [2.45, 2.75) is 66.1 Å². The highest BCUT2D eigenvalue weighted by Gasteiger charge is 2.80. The summed E-state index contributed by atoms with van der Waals surface area (Å²) in [7, 11) is 0. The molecule has 0 aromatic rings. The second-order valence-corrected chi connectivity index (χ2v) is 6.88. The van der Waals surface area contributed by atoms with Crippen LogP contribution >= 0.6 is 34.2 Å². The van der Waals surface area contributed by atoms with Gasteiger partial charge in [0.2, 0.25) is 0 Å². The lowest BCUT2D eigenvalue weighted by Crippen LogP contribution is -2.60. The van der Waals surface area contributed by atoms with E-state index in [-0.39, 0.29) is 6.42 Å². The van der Waals surface area contributed by atoms with Gasteiger partial charge in [-0.3, -0.25) is 0 Å². The van der Waals surface area contributed by atoms with Gasteiger partial charge in [-0.1, -0.05) is 48.8 Å². The molecule has 0 amide bonds. The Hall–Kier alpha value is 0.460. The van der Waals surface area contributed by atoms with Gasteiger partial charge >= 0.3 is 23.1 Å². The van der Waals surface area contributed by atoms with Crippen molar-refractivity contribution in [3.63, 3.8) is 0 Å². The normalized spacial score (nSPS) is 16.1. The van der Waals surface area contributed by atoms with E-state index in [1.807, 2.05) is 6.92 Å². The first-order valence-corrected chi connectivity index (χ1v) is 7.67. The topological polar surface area (TPSA) is 0 Å². The lowest BCUT2D eigenvalue weighted by Gasteiger charge is -2.35. The SMILES string of the molecule is CCCCCC(I)CC(F)(F)C(F)(F)C(F)(F)C(F)(F)Cl. The first-order chi connectivity index (χ1) is 9.20. The monoisotopic (exact) mass is 460 g/mol. The van der Waals surface area contributed by atoms with Gasteiger partial charge in [0.25, 0.3) is 0 Å². The van der Waals surface area contributed by atoms with Crippen LogP contribution in [0.5, 0.6) is 0 Å². The molecule has 128 valence electrons. The third kappa shape index (κ3) is 4.97. The summed E-state index contributed by atoms with van der Waals surface area (Å²) in [6.07, 6.45) is 0.341. The Kier molecular flexibility index (Phi) is 7.51. The van der Waals surface area contributed by atoms with Crippen molar-refractivity contribution in [2.24, 2.45) is 0 Å². The van der Waals surface area contributed by atoms with Gasteiger partial charge in [-0.05, 0) is 18.0 Å². The van der Waals surface area contributed by atoms with Gasteiger partial charge in [-0.25, -0.2) is 0 Å². The van der Waals surface area contributed by atoms with Gasteiger partial charge in [-0.2, -0.15) is 35.1 Å². The zero-order chi connectivity index (χ0) is 17.1. The minimum absolute atomic E-state index is 0.100. The largest absolute Gasteiger partial charge is 0.392 e. The van der Waals surface area contributed by atoms with E-state index in [9.17, 15) is 35.1 Å². The summed E-state index contributed by atoms with van der Waals surface area (Å²) in [5, 5.41) is -5.77. The Labute approximate surface area is 135 Å². The highest BCUT2D eigenvalue weighted by molar-refractivity contribution is 14.1. The Balaban J connectivity index is 5.03. The lowest BCUT2D eigenvalue weighted by atomic mass is 9.98. The van der Waals surface area contributed by atoms with E-state index in [1.54, 1.807) is 0 Å². The summed E-state index contributed by atoms with van der Waals surface area (Å²) in [6.45, 7) is 1.83. The highest BCUT2D eigenvalue weighted by atomic mass is 127. The molecule has 0 saturated carbocycles. The molecule has 1 atom stereocenters. The Morgan fingerprint density at radius 1 is 0.905 bits per heavy atom. The maximum atomic E-state index is 13.4. The molecule has 0 radical (unpaired) electrons. The summed E-state index contributed by atoms with van der Waals surface area (Å²) in [5.74, 6) is -17.9. The molecule has 0 nitrogen and oxygen atoms in total. The van der Waals surface area contributed by atoms with E-state index >= 15 is 0 Å². The van der Waals surface area contributed by atoms with Gasteiger partial charge in [0.1, 0.15) is 0 Å². The van der Waals surface area contributed by atoms with Crippen LogP contribution in [0.2, 0.25) is 0 Å². The smallest absolute Gasteiger partial charge is 0.200 e. The van der Waals surface area contributed by atoms with Gasteiger partial charge in [0.15, 0.2) is 0 Å². The van der Waals surface area contributed by atoms with E-state index in [0.717, 1.165) is 6.42 Å². The number of alkyl halides is 10.